The molecule has 0 spiro atoms. The number of amides is 1. The zero-order valence-electron chi connectivity index (χ0n) is 14.7. The van der Waals surface area contributed by atoms with Crippen molar-refractivity contribution in [3.8, 4) is 0 Å². The van der Waals surface area contributed by atoms with Crippen molar-refractivity contribution in [1.82, 2.24) is 29.3 Å². The molecule has 1 atom stereocenters. The summed E-state index contributed by atoms with van der Waals surface area (Å²) in [6, 6.07) is -0.734. The van der Waals surface area contributed by atoms with Crippen LogP contribution in [0.1, 0.15) is 35.8 Å². The van der Waals surface area contributed by atoms with E-state index in [2.05, 4.69) is 20.6 Å². The molecule has 0 saturated heterocycles. The zero-order chi connectivity index (χ0) is 19.6. The van der Waals surface area contributed by atoms with Crippen molar-refractivity contribution >= 4 is 29.3 Å². The number of aryl methyl sites for hydroxylation is 1. The molecule has 2 N–H and O–H groups in total. The van der Waals surface area contributed by atoms with Crippen molar-refractivity contribution in [3.63, 3.8) is 0 Å². The van der Waals surface area contributed by atoms with Gasteiger partial charge in [0.2, 0.25) is 5.91 Å². The first kappa shape index (κ1) is 18.6. The van der Waals surface area contributed by atoms with Gasteiger partial charge >= 0.3 is 5.97 Å². The molecule has 3 rings (SSSR count). The van der Waals surface area contributed by atoms with E-state index in [9.17, 15) is 9.59 Å². The highest BCUT2D eigenvalue weighted by molar-refractivity contribution is 6.33. The summed E-state index contributed by atoms with van der Waals surface area (Å²) in [7, 11) is 0. The number of nitrogens with one attached hydrogen (secondary N) is 1. The molecule has 1 unspecified atom stereocenters. The summed E-state index contributed by atoms with van der Waals surface area (Å²) >= 11 is 6.17. The Bertz CT molecular complexity index is 974. The molecule has 1 amide bonds. The Balaban J connectivity index is 1.68. The first-order valence-corrected chi connectivity index (χ1v) is 8.57. The van der Waals surface area contributed by atoms with E-state index in [0.717, 1.165) is 12.1 Å². The number of carbonyl (C=O) groups excluding carboxylic acids is 1. The summed E-state index contributed by atoms with van der Waals surface area (Å²) in [5.41, 5.74) is 0.963. The molecule has 3 aromatic heterocycles. The maximum atomic E-state index is 12.4. The van der Waals surface area contributed by atoms with Crippen LogP contribution in [0.25, 0.3) is 0 Å². The van der Waals surface area contributed by atoms with Crippen molar-refractivity contribution in [2.24, 2.45) is 0 Å². The number of halogens is 1. The van der Waals surface area contributed by atoms with Gasteiger partial charge in [-0.05, 0) is 13.8 Å². The van der Waals surface area contributed by atoms with E-state index in [-0.39, 0.29) is 11.4 Å². The number of carboxylic acids is 1. The molecular formula is C16H18ClN7O3. The number of nitrogens with zero attached hydrogens (tertiary/aromatic N) is 6. The fourth-order valence-corrected chi connectivity index (χ4v) is 2.61. The molecule has 27 heavy (non-hydrogen) atoms. The second-order valence-electron chi connectivity index (χ2n) is 5.91. The van der Waals surface area contributed by atoms with E-state index in [4.69, 9.17) is 16.7 Å². The van der Waals surface area contributed by atoms with Gasteiger partial charge in [0.05, 0.1) is 24.5 Å². The second-order valence-corrected chi connectivity index (χ2v) is 6.31. The van der Waals surface area contributed by atoms with Gasteiger partial charge in [0.1, 0.15) is 11.1 Å². The highest BCUT2D eigenvalue weighted by Crippen LogP contribution is 2.21. The third-order valence-electron chi connectivity index (χ3n) is 3.94. The van der Waals surface area contributed by atoms with Gasteiger partial charge < -0.3 is 10.4 Å². The summed E-state index contributed by atoms with van der Waals surface area (Å²) in [6.07, 6.45) is 7.74. The minimum atomic E-state index is -1.11. The van der Waals surface area contributed by atoms with Crippen LogP contribution in [0.3, 0.4) is 0 Å². The molecule has 0 aliphatic heterocycles. The molecule has 0 aromatic carbocycles. The molecule has 11 heteroatoms. The Morgan fingerprint density at radius 3 is 2.63 bits per heavy atom. The summed E-state index contributed by atoms with van der Waals surface area (Å²) in [4.78, 5) is 23.3. The van der Waals surface area contributed by atoms with Crippen molar-refractivity contribution in [3.05, 3.63) is 47.1 Å². The molecule has 0 radical (unpaired) electrons. The molecule has 3 aromatic rings. The molecule has 0 aliphatic carbocycles. The second kappa shape index (κ2) is 7.62. The predicted octanol–water partition coefficient (Wildman–Crippen LogP) is 1.90. The van der Waals surface area contributed by atoms with Crippen LogP contribution >= 0.6 is 11.6 Å². The zero-order valence-corrected chi connectivity index (χ0v) is 15.5. The smallest absolute Gasteiger partial charge is 0.338 e. The van der Waals surface area contributed by atoms with Crippen LogP contribution < -0.4 is 5.32 Å². The van der Waals surface area contributed by atoms with Gasteiger partial charge in [-0.1, -0.05) is 11.6 Å². The Hall–Kier alpha value is -3.14. The van der Waals surface area contributed by atoms with Gasteiger partial charge in [-0.3, -0.25) is 18.8 Å². The highest BCUT2D eigenvalue weighted by atomic mass is 35.5. The Labute approximate surface area is 159 Å². The van der Waals surface area contributed by atoms with Crippen LogP contribution in [0.4, 0.5) is 5.82 Å². The molecule has 3 heterocycles. The Kier molecular flexibility index (Phi) is 5.26. The molecular weight excluding hydrogens is 374 g/mol. The van der Waals surface area contributed by atoms with Crippen molar-refractivity contribution < 1.29 is 14.7 Å². The fraction of sp³-hybridized carbons (Fsp3) is 0.312. The Morgan fingerprint density at radius 2 is 2.00 bits per heavy atom. The van der Waals surface area contributed by atoms with Crippen LogP contribution in [0.5, 0.6) is 0 Å². The van der Waals surface area contributed by atoms with Gasteiger partial charge in [0, 0.05) is 30.7 Å². The lowest BCUT2D eigenvalue weighted by molar-refractivity contribution is -0.119. The van der Waals surface area contributed by atoms with Crippen LogP contribution in [0.15, 0.2) is 31.0 Å². The van der Waals surface area contributed by atoms with Gasteiger partial charge in [-0.25, -0.2) is 4.79 Å². The van der Waals surface area contributed by atoms with Crippen LogP contribution in [-0.4, -0.2) is 46.3 Å². The van der Waals surface area contributed by atoms with Crippen LogP contribution in [0, 0.1) is 0 Å². The lowest BCUT2D eigenvalue weighted by Crippen LogP contribution is -2.24. The van der Waals surface area contributed by atoms with Gasteiger partial charge in [-0.2, -0.15) is 15.3 Å². The number of hydrogen-bond acceptors (Lipinski definition) is 5. The van der Waals surface area contributed by atoms with Crippen LogP contribution in [-0.2, 0) is 17.9 Å². The number of anilines is 1. The first-order chi connectivity index (χ1) is 12.9. The Morgan fingerprint density at radius 1 is 1.22 bits per heavy atom. The van der Waals surface area contributed by atoms with E-state index in [1.165, 1.54) is 17.1 Å². The predicted molar refractivity (Wildman–Crippen MR) is 96.8 cm³/mol. The van der Waals surface area contributed by atoms with Crippen molar-refractivity contribution in [2.45, 2.75) is 33.0 Å². The van der Waals surface area contributed by atoms with Gasteiger partial charge in [0.15, 0.2) is 5.82 Å². The topological polar surface area (TPSA) is 120 Å². The summed E-state index contributed by atoms with van der Waals surface area (Å²) in [6.45, 7) is 4.83. The maximum Gasteiger partial charge on any atom is 0.338 e. The maximum absolute atomic E-state index is 12.4. The summed E-state index contributed by atoms with van der Waals surface area (Å²) < 4.78 is 4.68. The lowest BCUT2D eigenvalue weighted by Gasteiger charge is -2.11. The molecule has 10 nitrogen and oxygen atoms in total. The number of aromatic carboxylic acids is 1. The van der Waals surface area contributed by atoms with E-state index < -0.39 is 17.9 Å². The largest absolute Gasteiger partial charge is 0.478 e. The third-order valence-corrected chi connectivity index (χ3v) is 4.22. The van der Waals surface area contributed by atoms with E-state index >= 15 is 0 Å². The van der Waals surface area contributed by atoms with E-state index in [1.54, 1.807) is 28.7 Å². The SMILES string of the molecule is CCn1cc(Cn2cc(Cl)c(NC(=O)C(C)n3cc(C(=O)O)cn3)n2)cn1. The van der Waals surface area contributed by atoms with Gasteiger partial charge in [-0.15, -0.1) is 0 Å². The quantitative estimate of drug-likeness (QED) is 0.634. The number of rotatable bonds is 7. The summed E-state index contributed by atoms with van der Waals surface area (Å²) in [5.74, 6) is -1.30. The van der Waals surface area contributed by atoms with Crippen molar-refractivity contribution in [2.75, 3.05) is 5.32 Å². The monoisotopic (exact) mass is 391 g/mol. The molecule has 0 fully saturated rings. The normalized spacial score (nSPS) is 12.1. The van der Waals surface area contributed by atoms with E-state index in [0.29, 0.717) is 11.6 Å². The van der Waals surface area contributed by atoms with Crippen LogP contribution in [0.2, 0.25) is 5.02 Å². The molecule has 0 saturated carbocycles. The number of carboxylic acid groups (broad SMARTS) is 1. The van der Waals surface area contributed by atoms with E-state index in [1.807, 2.05) is 13.1 Å². The molecule has 142 valence electrons. The summed E-state index contributed by atoms with van der Waals surface area (Å²) in [5, 5.41) is 24.3. The fourth-order valence-electron chi connectivity index (χ4n) is 2.41. The lowest BCUT2D eigenvalue weighted by atomic mass is 10.3. The number of hydrogen-bond donors (Lipinski definition) is 2. The molecule has 0 aliphatic rings. The van der Waals surface area contributed by atoms with Gasteiger partial charge in [0.25, 0.3) is 0 Å². The minimum absolute atomic E-state index is 0.00425. The molecule has 0 bridgehead atoms. The highest BCUT2D eigenvalue weighted by Gasteiger charge is 2.20. The third kappa shape index (κ3) is 4.17. The average molecular weight is 392 g/mol. The number of carbonyl (C=O) groups is 2. The standard InChI is InChI=1S/C16H18ClN7O3/c1-3-22-6-11(4-18-22)7-23-9-13(17)14(21-23)20-15(25)10(2)24-8-12(5-19-24)16(26)27/h4-6,8-10H,3,7H2,1-2H3,(H,26,27)(H,20,21,25). The minimum Gasteiger partial charge on any atom is -0.478 e. The first-order valence-electron chi connectivity index (χ1n) is 8.20. The number of aromatic nitrogens is 6. The average Bonchev–Trinajstić information content (AvgIpc) is 3.35. The van der Waals surface area contributed by atoms with Crippen molar-refractivity contribution in [1.29, 1.82) is 0 Å².